The first-order valence-electron chi connectivity index (χ1n) is 6.77. The van der Waals surface area contributed by atoms with Gasteiger partial charge < -0.3 is 9.47 Å². The van der Waals surface area contributed by atoms with Crippen LogP contribution >= 0.6 is 0 Å². The molecule has 0 spiro atoms. The largest absolute Gasteiger partial charge is 0.454 e. The maximum absolute atomic E-state index is 12.4. The van der Waals surface area contributed by atoms with Gasteiger partial charge in [0.25, 0.3) is 0 Å². The van der Waals surface area contributed by atoms with Gasteiger partial charge in [-0.15, -0.1) is 0 Å². The lowest BCUT2D eigenvalue weighted by Crippen LogP contribution is -2.22. The minimum absolute atomic E-state index is 0.0196. The third kappa shape index (κ3) is 1.81. The summed E-state index contributed by atoms with van der Waals surface area (Å²) in [6.07, 6.45) is 0. The highest BCUT2D eigenvalue weighted by molar-refractivity contribution is 5.76. The zero-order chi connectivity index (χ0) is 14.4. The number of ether oxygens (including phenoxy) is 2. The van der Waals surface area contributed by atoms with Crippen molar-refractivity contribution in [2.24, 2.45) is 7.05 Å². The quantitative estimate of drug-likeness (QED) is 0.723. The van der Waals surface area contributed by atoms with Gasteiger partial charge in [-0.2, -0.15) is 0 Å². The second kappa shape index (κ2) is 4.41. The highest BCUT2D eigenvalue weighted by Gasteiger charge is 2.15. The third-order valence-corrected chi connectivity index (χ3v) is 3.83. The predicted octanol–water partition coefficient (Wildman–Crippen LogP) is 2.12. The summed E-state index contributed by atoms with van der Waals surface area (Å²) >= 11 is 0. The van der Waals surface area contributed by atoms with E-state index in [0.29, 0.717) is 6.54 Å². The zero-order valence-electron chi connectivity index (χ0n) is 11.6. The molecule has 3 aromatic rings. The molecule has 0 fully saturated rings. The van der Waals surface area contributed by atoms with E-state index in [0.717, 1.165) is 28.1 Å². The Morgan fingerprint density at radius 2 is 1.81 bits per heavy atom. The number of aryl methyl sites for hydroxylation is 1. The Morgan fingerprint density at radius 1 is 1.05 bits per heavy atom. The van der Waals surface area contributed by atoms with E-state index in [4.69, 9.17) is 9.47 Å². The summed E-state index contributed by atoms with van der Waals surface area (Å²) in [6, 6.07) is 13.6. The molecule has 21 heavy (non-hydrogen) atoms. The fourth-order valence-corrected chi connectivity index (χ4v) is 2.74. The van der Waals surface area contributed by atoms with Gasteiger partial charge in [-0.3, -0.25) is 9.13 Å². The number of rotatable bonds is 2. The smallest absolute Gasteiger partial charge is 0.329 e. The van der Waals surface area contributed by atoms with Crippen LogP contribution in [0, 0.1) is 0 Å². The number of hydrogen-bond acceptors (Lipinski definition) is 3. The summed E-state index contributed by atoms with van der Waals surface area (Å²) in [6.45, 7) is 0.768. The maximum atomic E-state index is 12.4. The Hall–Kier alpha value is -2.69. The molecule has 2 heterocycles. The molecular weight excluding hydrogens is 268 g/mol. The zero-order valence-corrected chi connectivity index (χ0v) is 11.6. The molecule has 0 atom stereocenters. The molecule has 0 N–H and O–H groups in total. The monoisotopic (exact) mass is 282 g/mol. The number of fused-ring (bicyclic) bond motifs is 2. The standard InChI is InChI=1S/C16H14N2O3/c1-17-12-4-2-3-5-13(12)18(16(17)19)9-11-6-7-14-15(8-11)21-10-20-14/h2-8H,9-10H2,1H3. The lowest BCUT2D eigenvalue weighted by atomic mass is 10.2. The van der Waals surface area contributed by atoms with Crippen molar-refractivity contribution in [1.29, 1.82) is 0 Å². The summed E-state index contributed by atoms with van der Waals surface area (Å²) in [7, 11) is 1.79. The molecule has 106 valence electrons. The Morgan fingerprint density at radius 3 is 2.67 bits per heavy atom. The average molecular weight is 282 g/mol. The molecule has 0 bridgehead atoms. The highest BCUT2D eigenvalue weighted by atomic mass is 16.7. The topological polar surface area (TPSA) is 45.4 Å². The predicted molar refractivity (Wildman–Crippen MR) is 78.8 cm³/mol. The van der Waals surface area contributed by atoms with Crippen LogP contribution in [0.4, 0.5) is 0 Å². The number of para-hydroxylation sites is 2. The van der Waals surface area contributed by atoms with Gasteiger partial charge in [-0.05, 0) is 29.8 Å². The molecule has 1 aliphatic heterocycles. The average Bonchev–Trinajstić information content (AvgIpc) is 3.06. The number of benzene rings is 2. The van der Waals surface area contributed by atoms with Gasteiger partial charge in [0.05, 0.1) is 17.6 Å². The summed E-state index contributed by atoms with van der Waals surface area (Å²) in [5, 5.41) is 0. The van der Waals surface area contributed by atoms with Crippen molar-refractivity contribution < 1.29 is 9.47 Å². The summed E-state index contributed by atoms with van der Waals surface area (Å²) in [4.78, 5) is 12.4. The minimum atomic E-state index is -0.0196. The Balaban J connectivity index is 1.81. The SMILES string of the molecule is Cn1c(=O)n(Cc2ccc3c(c2)OCO3)c2ccccc21. The highest BCUT2D eigenvalue weighted by Crippen LogP contribution is 2.32. The number of nitrogens with zero attached hydrogens (tertiary/aromatic N) is 2. The van der Waals surface area contributed by atoms with Crippen LogP contribution in [-0.2, 0) is 13.6 Å². The van der Waals surface area contributed by atoms with Gasteiger partial charge >= 0.3 is 5.69 Å². The van der Waals surface area contributed by atoms with Crippen LogP contribution in [0.15, 0.2) is 47.3 Å². The van der Waals surface area contributed by atoms with Gasteiger partial charge in [0.1, 0.15) is 0 Å². The van der Waals surface area contributed by atoms with Gasteiger partial charge in [-0.25, -0.2) is 4.79 Å². The molecule has 4 rings (SSSR count). The Bertz CT molecular complexity index is 892. The van der Waals surface area contributed by atoms with Crippen LogP contribution in [-0.4, -0.2) is 15.9 Å². The molecule has 0 saturated carbocycles. The van der Waals surface area contributed by atoms with Crippen LogP contribution in [0.5, 0.6) is 11.5 Å². The van der Waals surface area contributed by atoms with E-state index in [2.05, 4.69) is 0 Å². The van der Waals surface area contributed by atoms with Crippen LogP contribution in [0.25, 0.3) is 11.0 Å². The fourth-order valence-electron chi connectivity index (χ4n) is 2.74. The van der Waals surface area contributed by atoms with Crippen LogP contribution in [0.1, 0.15) is 5.56 Å². The van der Waals surface area contributed by atoms with Crippen molar-refractivity contribution in [3.05, 3.63) is 58.5 Å². The van der Waals surface area contributed by atoms with E-state index >= 15 is 0 Å². The second-order valence-electron chi connectivity index (χ2n) is 5.10. The van der Waals surface area contributed by atoms with Crippen LogP contribution in [0.2, 0.25) is 0 Å². The summed E-state index contributed by atoms with van der Waals surface area (Å²) in [5.41, 5.74) is 2.86. The number of imidazole rings is 1. The molecule has 2 aromatic carbocycles. The van der Waals surface area contributed by atoms with Crippen molar-refractivity contribution in [1.82, 2.24) is 9.13 Å². The third-order valence-electron chi connectivity index (χ3n) is 3.83. The Kier molecular flexibility index (Phi) is 2.54. The first-order chi connectivity index (χ1) is 10.2. The molecule has 0 radical (unpaired) electrons. The second-order valence-corrected chi connectivity index (χ2v) is 5.10. The van der Waals surface area contributed by atoms with Crippen molar-refractivity contribution >= 4 is 11.0 Å². The van der Waals surface area contributed by atoms with Gasteiger partial charge in [0.15, 0.2) is 11.5 Å². The van der Waals surface area contributed by atoms with Gasteiger partial charge in [0, 0.05) is 7.05 Å². The number of aromatic nitrogens is 2. The molecule has 5 nitrogen and oxygen atoms in total. The first-order valence-corrected chi connectivity index (χ1v) is 6.77. The molecule has 0 saturated heterocycles. The van der Waals surface area contributed by atoms with E-state index in [1.165, 1.54) is 0 Å². The minimum Gasteiger partial charge on any atom is -0.454 e. The van der Waals surface area contributed by atoms with E-state index in [-0.39, 0.29) is 12.5 Å². The van der Waals surface area contributed by atoms with E-state index in [9.17, 15) is 4.79 Å². The van der Waals surface area contributed by atoms with E-state index in [1.54, 1.807) is 16.2 Å². The fraction of sp³-hybridized carbons (Fsp3) is 0.188. The molecule has 1 aliphatic rings. The van der Waals surface area contributed by atoms with Crippen molar-refractivity contribution in [2.45, 2.75) is 6.54 Å². The lowest BCUT2D eigenvalue weighted by molar-refractivity contribution is 0.174. The van der Waals surface area contributed by atoms with Crippen molar-refractivity contribution in [3.63, 3.8) is 0 Å². The lowest BCUT2D eigenvalue weighted by Gasteiger charge is -2.05. The normalized spacial score (nSPS) is 13.0. The van der Waals surface area contributed by atoms with Crippen LogP contribution < -0.4 is 15.2 Å². The van der Waals surface area contributed by atoms with E-state index < -0.39 is 0 Å². The molecule has 0 amide bonds. The summed E-state index contributed by atoms with van der Waals surface area (Å²) < 4.78 is 14.1. The molecule has 1 aromatic heterocycles. The molecule has 0 unspecified atom stereocenters. The molecule has 0 aliphatic carbocycles. The molecule has 5 heteroatoms. The van der Waals surface area contributed by atoms with Crippen molar-refractivity contribution in [2.75, 3.05) is 6.79 Å². The molecular formula is C16H14N2O3. The number of hydrogen-bond donors (Lipinski definition) is 0. The first kappa shape index (κ1) is 12.1. The summed E-state index contributed by atoms with van der Waals surface area (Å²) in [5.74, 6) is 1.49. The van der Waals surface area contributed by atoms with Gasteiger partial charge in [-0.1, -0.05) is 18.2 Å². The van der Waals surface area contributed by atoms with E-state index in [1.807, 2.05) is 42.5 Å². The Labute approximate surface area is 120 Å². The maximum Gasteiger partial charge on any atom is 0.329 e. The van der Waals surface area contributed by atoms with Crippen molar-refractivity contribution in [3.8, 4) is 11.5 Å². The van der Waals surface area contributed by atoms with Gasteiger partial charge in [0.2, 0.25) is 6.79 Å². The van der Waals surface area contributed by atoms with Crippen LogP contribution in [0.3, 0.4) is 0 Å².